The summed E-state index contributed by atoms with van der Waals surface area (Å²) in [6.07, 6.45) is -0.709. The highest BCUT2D eigenvalue weighted by atomic mass is 19.1. The Labute approximate surface area is 178 Å². The zero-order chi connectivity index (χ0) is 22.6. The second-order valence-electron chi connectivity index (χ2n) is 7.76. The van der Waals surface area contributed by atoms with E-state index in [2.05, 4.69) is 10.4 Å². The number of hydrogen-bond donors (Lipinski definition) is 2. The maximum atomic E-state index is 14.5. The zero-order valence-corrected chi connectivity index (χ0v) is 17.3. The van der Waals surface area contributed by atoms with E-state index in [-0.39, 0.29) is 23.9 Å². The monoisotopic (exact) mass is 427 g/mol. The lowest BCUT2D eigenvalue weighted by molar-refractivity contribution is 0.155. The Bertz CT molecular complexity index is 1090. The number of carbonyl (C=O) groups is 2. The fraction of sp³-hybridized carbons (Fsp3) is 0.227. The van der Waals surface area contributed by atoms with Crippen molar-refractivity contribution in [2.45, 2.75) is 32.8 Å². The molecule has 2 aromatic carbocycles. The molecule has 0 saturated heterocycles. The quantitative estimate of drug-likeness (QED) is 0.566. The Hall–Kier alpha value is -3.88. The van der Waals surface area contributed by atoms with Crippen LogP contribution in [0.15, 0.2) is 54.7 Å². The van der Waals surface area contributed by atoms with Gasteiger partial charge in [0.1, 0.15) is 12.4 Å². The third-order valence-corrected chi connectivity index (χ3v) is 4.29. The number of nitrogens with zero attached hydrogens (tertiary/aromatic N) is 2. The second-order valence-corrected chi connectivity index (χ2v) is 7.76. The Morgan fingerprint density at radius 2 is 1.87 bits per heavy atom. The number of aromatic nitrogens is 2. The van der Waals surface area contributed by atoms with Crippen LogP contribution >= 0.6 is 0 Å². The van der Waals surface area contributed by atoms with E-state index >= 15 is 0 Å². The Morgan fingerprint density at radius 1 is 1.16 bits per heavy atom. The van der Waals surface area contributed by atoms with Crippen LogP contribution in [0.3, 0.4) is 0 Å². The summed E-state index contributed by atoms with van der Waals surface area (Å²) in [6, 6.07) is 12.9. The zero-order valence-electron chi connectivity index (χ0n) is 17.3. The molecule has 0 unspecified atom stereocenters. The van der Waals surface area contributed by atoms with Crippen LogP contribution in [0.25, 0.3) is 0 Å². The summed E-state index contributed by atoms with van der Waals surface area (Å²) in [4.78, 5) is 23.2. The summed E-state index contributed by atoms with van der Waals surface area (Å²) < 4.78 is 25.9. The second kappa shape index (κ2) is 8.86. The normalized spacial score (nSPS) is 11.1. The molecule has 1 heterocycles. The fourth-order valence-electron chi connectivity index (χ4n) is 2.69. The van der Waals surface area contributed by atoms with E-state index in [4.69, 9.17) is 14.6 Å². The molecule has 0 radical (unpaired) electrons. The van der Waals surface area contributed by atoms with Crippen LogP contribution in [0.4, 0.5) is 19.7 Å². The molecular formula is C22H22FN3O5. The lowest BCUT2D eigenvalue weighted by atomic mass is 9.89. The van der Waals surface area contributed by atoms with Gasteiger partial charge in [0.05, 0.1) is 5.69 Å². The molecule has 0 aliphatic rings. The van der Waals surface area contributed by atoms with Crippen LogP contribution in [0.1, 0.15) is 31.9 Å². The predicted molar refractivity (Wildman–Crippen MR) is 111 cm³/mol. The van der Waals surface area contributed by atoms with Crippen molar-refractivity contribution in [2.24, 2.45) is 0 Å². The van der Waals surface area contributed by atoms with E-state index < -0.39 is 23.4 Å². The SMILES string of the molecule is CC(C)(C)c1cn(C(=O)O)nc1Oc1ccc(NC(=O)OCc2ccccc2)c(F)c1. The van der Waals surface area contributed by atoms with E-state index in [1.165, 1.54) is 18.3 Å². The van der Waals surface area contributed by atoms with Gasteiger partial charge in [0, 0.05) is 17.8 Å². The Kier molecular flexibility index (Phi) is 6.24. The number of anilines is 1. The van der Waals surface area contributed by atoms with Crippen molar-refractivity contribution in [3.05, 3.63) is 71.7 Å². The Balaban J connectivity index is 1.70. The first-order valence-corrected chi connectivity index (χ1v) is 9.42. The molecule has 31 heavy (non-hydrogen) atoms. The molecule has 3 aromatic rings. The molecule has 9 heteroatoms. The molecule has 1 amide bonds. The molecule has 0 aliphatic carbocycles. The summed E-state index contributed by atoms with van der Waals surface area (Å²) >= 11 is 0. The van der Waals surface area contributed by atoms with Crippen LogP contribution in [-0.2, 0) is 16.8 Å². The molecule has 2 N–H and O–H groups in total. The van der Waals surface area contributed by atoms with Crippen molar-refractivity contribution in [3.8, 4) is 11.6 Å². The topological polar surface area (TPSA) is 103 Å². The average molecular weight is 427 g/mol. The van der Waals surface area contributed by atoms with E-state index in [1.54, 1.807) is 12.1 Å². The number of ether oxygens (including phenoxy) is 2. The third kappa shape index (κ3) is 5.59. The highest BCUT2D eigenvalue weighted by Gasteiger charge is 2.25. The lowest BCUT2D eigenvalue weighted by Gasteiger charge is -2.18. The average Bonchev–Trinajstić information content (AvgIpc) is 3.14. The minimum atomic E-state index is -1.26. The van der Waals surface area contributed by atoms with Gasteiger partial charge in [0.15, 0.2) is 5.82 Å². The van der Waals surface area contributed by atoms with Crippen molar-refractivity contribution in [3.63, 3.8) is 0 Å². The standard InChI is InChI=1S/C22H22FN3O5/c1-22(2,3)16-12-26(21(28)29)25-19(16)31-15-9-10-18(17(23)11-15)24-20(27)30-13-14-7-5-4-6-8-14/h4-12H,13H2,1-3H3,(H,24,27)(H,28,29). The number of carbonyl (C=O) groups excluding carboxylic acids is 1. The fourth-order valence-corrected chi connectivity index (χ4v) is 2.69. The molecule has 3 rings (SSSR count). The molecule has 0 aliphatic heterocycles. The lowest BCUT2D eigenvalue weighted by Crippen LogP contribution is -2.14. The number of rotatable bonds is 5. The summed E-state index contributed by atoms with van der Waals surface area (Å²) in [5.74, 6) is -0.594. The minimum Gasteiger partial charge on any atom is -0.463 e. The maximum absolute atomic E-state index is 14.5. The van der Waals surface area contributed by atoms with Gasteiger partial charge in [-0.2, -0.15) is 4.68 Å². The molecule has 1 aromatic heterocycles. The van der Waals surface area contributed by atoms with Crippen molar-refractivity contribution in [1.29, 1.82) is 0 Å². The summed E-state index contributed by atoms with van der Waals surface area (Å²) in [6.45, 7) is 5.67. The highest BCUT2D eigenvalue weighted by Crippen LogP contribution is 2.34. The smallest absolute Gasteiger partial charge is 0.432 e. The van der Waals surface area contributed by atoms with E-state index in [9.17, 15) is 14.0 Å². The number of hydrogen-bond acceptors (Lipinski definition) is 5. The first-order chi connectivity index (χ1) is 14.6. The van der Waals surface area contributed by atoms with Gasteiger partial charge in [0.2, 0.25) is 5.88 Å². The molecule has 8 nitrogen and oxygen atoms in total. The van der Waals surface area contributed by atoms with Gasteiger partial charge in [-0.3, -0.25) is 5.32 Å². The van der Waals surface area contributed by atoms with Gasteiger partial charge in [-0.05, 0) is 23.1 Å². The molecule has 162 valence electrons. The van der Waals surface area contributed by atoms with Gasteiger partial charge in [0.25, 0.3) is 0 Å². The van der Waals surface area contributed by atoms with Crippen molar-refractivity contribution < 1.29 is 28.6 Å². The van der Waals surface area contributed by atoms with Crippen LogP contribution < -0.4 is 10.1 Å². The summed E-state index contributed by atoms with van der Waals surface area (Å²) in [5, 5.41) is 15.4. The van der Waals surface area contributed by atoms with Crippen LogP contribution in [-0.4, -0.2) is 27.1 Å². The largest absolute Gasteiger partial charge is 0.463 e. The molecular weight excluding hydrogens is 405 g/mol. The van der Waals surface area contributed by atoms with Crippen molar-refractivity contribution >= 4 is 17.9 Å². The van der Waals surface area contributed by atoms with Crippen LogP contribution in [0, 0.1) is 5.82 Å². The van der Waals surface area contributed by atoms with E-state index in [1.807, 2.05) is 39.0 Å². The number of carboxylic acid groups (broad SMARTS) is 1. The molecule has 0 fully saturated rings. The number of amides is 1. The molecule has 0 atom stereocenters. The first kappa shape index (κ1) is 21.8. The minimum absolute atomic E-state index is 0.0529. The maximum Gasteiger partial charge on any atom is 0.432 e. The van der Waals surface area contributed by atoms with Gasteiger partial charge in [-0.25, -0.2) is 14.0 Å². The number of benzene rings is 2. The van der Waals surface area contributed by atoms with Crippen LogP contribution in [0.2, 0.25) is 0 Å². The Morgan fingerprint density at radius 3 is 2.48 bits per heavy atom. The van der Waals surface area contributed by atoms with Gasteiger partial charge in [-0.15, -0.1) is 5.10 Å². The van der Waals surface area contributed by atoms with Crippen molar-refractivity contribution in [2.75, 3.05) is 5.32 Å². The van der Waals surface area contributed by atoms with Crippen molar-refractivity contribution in [1.82, 2.24) is 9.78 Å². The predicted octanol–water partition coefficient (Wildman–Crippen LogP) is 5.39. The molecule has 0 saturated carbocycles. The molecule has 0 bridgehead atoms. The summed E-state index contributed by atoms with van der Waals surface area (Å²) in [7, 11) is 0. The number of nitrogens with one attached hydrogen (secondary N) is 1. The van der Waals surface area contributed by atoms with Gasteiger partial charge >= 0.3 is 12.2 Å². The highest BCUT2D eigenvalue weighted by molar-refractivity contribution is 5.84. The summed E-state index contributed by atoms with van der Waals surface area (Å²) in [5.41, 5.74) is 0.808. The van der Waals surface area contributed by atoms with E-state index in [0.29, 0.717) is 5.56 Å². The van der Waals surface area contributed by atoms with Gasteiger partial charge in [-0.1, -0.05) is 51.1 Å². The number of halogens is 1. The molecule has 0 spiro atoms. The first-order valence-electron chi connectivity index (χ1n) is 9.42. The van der Waals surface area contributed by atoms with Crippen LogP contribution in [0.5, 0.6) is 11.6 Å². The third-order valence-electron chi connectivity index (χ3n) is 4.29. The van der Waals surface area contributed by atoms with E-state index in [0.717, 1.165) is 16.3 Å². The van der Waals surface area contributed by atoms with Gasteiger partial charge < -0.3 is 14.6 Å².